The van der Waals surface area contributed by atoms with Crippen LogP contribution in [-0.2, 0) is 14.4 Å². The number of hydrogen-bond donors (Lipinski definition) is 2. The molecule has 0 spiro atoms. The Labute approximate surface area is 173 Å². The molecule has 2 aromatic carbocycles. The Morgan fingerprint density at radius 1 is 1.21 bits per heavy atom. The average molecular weight is 436 g/mol. The minimum atomic E-state index is -0.683. The van der Waals surface area contributed by atoms with Gasteiger partial charge in [-0.25, -0.2) is 0 Å². The average Bonchev–Trinajstić information content (AvgIpc) is 2.68. The van der Waals surface area contributed by atoms with Crippen LogP contribution >= 0.6 is 23.2 Å². The van der Waals surface area contributed by atoms with E-state index in [9.17, 15) is 19.7 Å². The molecule has 0 saturated carbocycles. The van der Waals surface area contributed by atoms with Crippen molar-refractivity contribution in [1.82, 2.24) is 0 Å². The summed E-state index contributed by atoms with van der Waals surface area (Å²) >= 11 is 11.6. The molecular weight excluding hydrogens is 425 g/mol. The van der Waals surface area contributed by atoms with Gasteiger partial charge in [0, 0.05) is 17.8 Å². The van der Waals surface area contributed by atoms with Crippen molar-refractivity contribution in [2.24, 2.45) is 5.16 Å². The topological polar surface area (TPSA) is 147 Å². The van der Waals surface area contributed by atoms with Crippen LogP contribution in [0.5, 0.6) is 0 Å². The predicted molar refractivity (Wildman–Crippen MR) is 106 cm³/mol. The highest BCUT2D eigenvalue weighted by molar-refractivity contribution is 6.42. The van der Waals surface area contributed by atoms with Crippen LogP contribution < -0.4 is 10.6 Å². The summed E-state index contributed by atoms with van der Waals surface area (Å²) in [6.07, 6.45) is 0.808. The number of nitrogens with one attached hydrogen (secondary N) is 2. The van der Waals surface area contributed by atoms with Gasteiger partial charge in [0.2, 0.25) is 0 Å². The smallest absolute Gasteiger partial charge is 0.270 e. The highest BCUT2D eigenvalue weighted by Gasteiger charge is 2.13. The number of carbonyl (C=O) groups is 2. The third-order valence-corrected chi connectivity index (χ3v) is 3.97. The van der Waals surface area contributed by atoms with Crippen LogP contribution in [0.1, 0.15) is 5.56 Å². The van der Waals surface area contributed by atoms with Crippen molar-refractivity contribution >= 4 is 58.3 Å². The number of halogens is 2. The minimum absolute atomic E-state index is 0.0769. The van der Waals surface area contributed by atoms with Crippen molar-refractivity contribution in [3.8, 4) is 6.07 Å². The molecule has 2 amide bonds. The van der Waals surface area contributed by atoms with Gasteiger partial charge >= 0.3 is 0 Å². The number of benzene rings is 2. The molecule has 2 N–H and O–H groups in total. The second-order valence-corrected chi connectivity index (χ2v) is 6.09. The fourth-order valence-electron chi connectivity index (χ4n) is 1.96. The maximum atomic E-state index is 11.8. The first kappa shape index (κ1) is 21.6. The molecule has 0 aliphatic heterocycles. The number of nitro groups is 1. The number of nitro benzene ring substituents is 1. The Morgan fingerprint density at radius 2 is 1.97 bits per heavy atom. The Balaban J connectivity index is 1.85. The molecule has 0 fully saturated rings. The molecule has 0 saturated heterocycles. The molecule has 12 heteroatoms. The Bertz CT molecular complexity index is 1040. The Hall–Kier alpha value is -3.68. The van der Waals surface area contributed by atoms with Crippen LogP contribution in [0.15, 0.2) is 41.6 Å². The van der Waals surface area contributed by atoms with Gasteiger partial charge < -0.3 is 15.5 Å². The molecule has 10 nitrogen and oxygen atoms in total. The van der Waals surface area contributed by atoms with E-state index < -0.39 is 23.3 Å². The van der Waals surface area contributed by atoms with E-state index in [1.54, 1.807) is 6.07 Å². The van der Waals surface area contributed by atoms with E-state index in [1.165, 1.54) is 24.3 Å². The fourth-order valence-corrected chi connectivity index (χ4v) is 2.26. The zero-order chi connectivity index (χ0) is 21.4. The third kappa shape index (κ3) is 6.46. The van der Waals surface area contributed by atoms with E-state index in [0.717, 1.165) is 18.3 Å². The van der Waals surface area contributed by atoms with Gasteiger partial charge in [0.1, 0.15) is 12.3 Å². The summed E-state index contributed by atoms with van der Waals surface area (Å²) in [6.45, 7) is -0.557. The normalized spacial score (nSPS) is 10.2. The Morgan fingerprint density at radius 3 is 2.62 bits per heavy atom. The molecule has 0 radical (unpaired) electrons. The molecule has 29 heavy (non-hydrogen) atoms. The van der Waals surface area contributed by atoms with E-state index in [-0.39, 0.29) is 22.0 Å². The van der Waals surface area contributed by atoms with E-state index in [4.69, 9.17) is 33.3 Å². The van der Waals surface area contributed by atoms with E-state index in [0.29, 0.717) is 10.7 Å². The largest absolute Gasteiger partial charge is 0.385 e. The highest BCUT2D eigenvalue weighted by atomic mass is 35.5. The first-order valence-corrected chi connectivity index (χ1v) is 8.45. The number of amides is 2. The standard InChI is InChI=1S/C17H11Cl2N5O5/c18-13-3-1-11(6-14(13)19)22-16(25)8-21-29-9-17(26)23-15-4-2-12(24(27)28)5-10(15)7-20/h1-6,8H,9H2,(H,22,25)(H,23,26)/b21-8+. The summed E-state index contributed by atoms with van der Waals surface area (Å²) in [4.78, 5) is 38.3. The van der Waals surface area contributed by atoms with E-state index >= 15 is 0 Å². The molecule has 0 aliphatic carbocycles. The predicted octanol–water partition coefficient (Wildman–Crippen LogP) is 3.35. The Kier molecular flexibility index (Phi) is 7.47. The summed E-state index contributed by atoms with van der Waals surface area (Å²) < 4.78 is 0. The summed E-state index contributed by atoms with van der Waals surface area (Å²) in [5, 5.41) is 28.5. The molecular formula is C17H11Cl2N5O5. The number of oxime groups is 1. The molecule has 0 heterocycles. The molecule has 2 rings (SSSR count). The summed E-state index contributed by atoms with van der Waals surface area (Å²) in [6, 6.07) is 9.63. The van der Waals surface area contributed by atoms with Crippen molar-refractivity contribution in [3.63, 3.8) is 0 Å². The first-order valence-electron chi connectivity index (χ1n) is 7.70. The van der Waals surface area contributed by atoms with Crippen molar-refractivity contribution in [2.75, 3.05) is 17.2 Å². The zero-order valence-electron chi connectivity index (χ0n) is 14.4. The highest BCUT2D eigenvalue weighted by Crippen LogP contribution is 2.25. The lowest BCUT2D eigenvalue weighted by Gasteiger charge is -2.06. The monoisotopic (exact) mass is 435 g/mol. The maximum Gasteiger partial charge on any atom is 0.270 e. The van der Waals surface area contributed by atoms with Crippen molar-refractivity contribution < 1.29 is 19.3 Å². The number of anilines is 2. The fraction of sp³-hybridized carbons (Fsp3) is 0.0588. The number of nitrogens with zero attached hydrogens (tertiary/aromatic N) is 3. The molecule has 0 atom stereocenters. The van der Waals surface area contributed by atoms with Gasteiger partial charge in [-0.2, -0.15) is 5.26 Å². The summed E-state index contributed by atoms with van der Waals surface area (Å²) in [7, 11) is 0. The van der Waals surface area contributed by atoms with Gasteiger partial charge in [0.05, 0.1) is 26.2 Å². The second kappa shape index (κ2) is 10.0. The molecule has 0 bridgehead atoms. The SMILES string of the molecule is N#Cc1cc([N+](=O)[O-])ccc1NC(=O)CO/N=C/C(=O)Nc1ccc(Cl)c(Cl)c1. The van der Waals surface area contributed by atoms with E-state index in [1.807, 2.05) is 0 Å². The van der Waals surface area contributed by atoms with Gasteiger partial charge in [-0.3, -0.25) is 19.7 Å². The molecule has 148 valence electrons. The van der Waals surface area contributed by atoms with Gasteiger partial charge in [-0.1, -0.05) is 28.4 Å². The second-order valence-electron chi connectivity index (χ2n) is 5.27. The maximum absolute atomic E-state index is 11.8. The molecule has 2 aromatic rings. The number of rotatable bonds is 7. The van der Waals surface area contributed by atoms with Crippen LogP contribution in [0.4, 0.5) is 17.1 Å². The van der Waals surface area contributed by atoms with E-state index in [2.05, 4.69) is 15.8 Å². The zero-order valence-corrected chi connectivity index (χ0v) is 15.9. The number of hydrogen-bond acceptors (Lipinski definition) is 7. The van der Waals surface area contributed by atoms with Gasteiger partial charge in [0.15, 0.2) is 6.61 Å². The lowest BCUT2D eigenvalue weighted by Crippen LogP contribution is -2.18. The first-order chi connectivity index (χ1) is 13.8. The minimum Gasteiger partial charge on any atom is -0.385 e. The van der Waals surface area contributed by atoms with Crippen LogP contribution in [0.2, 0.25) is 10.0 Å². The van der Waals surface area contributed by atoms with Crippen molar-refractivity contribution in [3.05, 3.63) is 62.1 Å². The van der Waals surface area contributed by atoms with Gasteiger partial charge in [0.25, 0.3) is 17.5 Å². The van der Waals surface area contributed by atoms with Gasteiger partial charge in [-0.15, -0.1) is 0 Å². The van der Waals surface area contributed by atoms with Crippen LogP contribution in [0.25, 0.3) is 0 Å². The van der Waals surface area contributed by atoms with Crippen LogP contribution in [0.3, 0.4) is 0 Å². The summed E-state index contributed by atoms with van der Waals surface area (Å²) in [5.74, 6) is -1.32. The van der Waals surface area contributed by atoms with Crippen LogP contribution in [-0.4, -0.2) is 29.6 Å². The van der Waals surface area contributed by atoms with Crippen molar-refractivity contribution in [2.45, 2.75) is 0 Å². The van der Waals surface area contributed by atoms with Crippen LogP contribution in [0, 0.1) is 21.4 Å². The molecule has 0 aliphatic rings. The number of non-ortho nitro benzene ring substituents is 1. The molecule has 0 aromatic heterocycles. The lowest BCUT2D eigenvalue weighted by molar-refractivity contribution is -0.384. The summed E-state index contributed by atoms with van der Waals surface area (Å²) in [5.41, 5.74) is 0.0919. The quantitative estimate of drug-likeness (QED) is 0.387. The van der Waals surface area contributed by atoms with Crippen molar-refractivity contribution in [1.29, 1.82) is 5.26 Å². The number of nitriles is 1. The van der Waals surface area contributed by atoms with Gasteiger partial charge in [-0.05, 0) is 24.3 Å². The third-order valence-electron chi connectivity index (χ3n) is 3.24. The lowest BCUT2D eigenvalue weighted by atomic mass is 10.1. The number of carbonyl (C=O) groups excluding carboxylic acids is 2. The molecule has 0 unspecified atom stereocenters.